The Labute approximate surface area is 62.2 Å². The molecule has 0 spiro atoms. The summed E-state index contributed by atoms with van der Waals surface area (Å²) >= 11 is 0. The fourth-order valence-corrected chi connectivity index (χ4v) is 0.401. The van der Waals surface area contributed by atoms with Gasteiger partial charge in [0.2, 0.25) is 0 Å². The minimum atomic E-state index is -1.32. The Balaban J connectivity index is 4.26. The molecule has 11 heavy (non-hydrogen) atoms. The Morgan fingerprint density at radius 3 is 2.27 bits per heavy atom. The molecule has 0 aliphatic rings. The lowest BCUT2D eigenvalue weighted by molar-refractivity contribution is 0.414. The largest absolute Gasteiger partial charge is 0.508 e. The van der Waals surface area contributed by atoms with Crippen LogP contribution in [0.3, 0.4) is 0 Å². The molecule has 0 atom stereocenters. The topological polar surface area (TPSA) is 20.2 Å². The summed E-state index contributed by atoms with van der Waals surface area (Å²) in [4.78, 5) is 0. The van der Waals surface area contributed by atoms with Gasteiger partial charge in [0.1, 0.15) is 24.1 Å². The summed E-state index contributed by atoms with van der Waals surface area (Å²) < 4.78 is 35.2. The van der Waals surface area contributed by atoms with Crippen molar-refractivity contribution in [1.82, 2.24) is 0 Å². The zero-order valence-electron chi connectivity index (χ0n) is 5.65. The third-order valence-corrected chi connectivity index (χ3v) is 0.737. The van der Waals surface area contributed by atoms with Crippen molar-refractivity contribution in [3.05, 3.63) is 36.1 Å². The standard InChI is InChI=1S/C7H7F3O/c1-5(9)2-7(11)3-6(10)4-8/h2-3,11H,1,4H2/b6-3+,7-2+. The van der Waals surface area contributed by atoms with Crippen LogP contribution < -0.4 is 0 Å². The van der Waals surface area contributed by atoms with E-state index in [1.807, 2.05) is 0 Å². The smallest absolute Gasteiger partial charge is 0.141 e. The molecule has 0 aliphatic heterocycles. The maximum absolute atomic E-state index is 12.0. The van der Waals surface area contributed by atoms with Gasteiger partial charge in [-0.05, 0) is 0 Å². The number of halogens is 3. The van der Waals surface area contributed by atoms with Crippen LogP contribution in [0.4, 0.5) is 13.2 Å². The fourth-order valence-electron chi connectivity index (χ4n) is 0.401. The van der Waals surface area contributed by atoms with Crippen LogP contribution in [-0.4, -0.2) is 11.8 Å². The SMILES string of the molecule is C=C(F)/C=C(O)\C=C(\F)CF. The van der Waals surface area contributed by atoms with Crippen LogP contribution in [0.25, 0.3) is 0 Å². The van der Waals surface area contributed by atoms with E-state index in [0.717, 1.165) is 0 Å². The molecule has 0 aliphatic carbocycles. The van der Waals surface area contributed by atoms with Crippen molar-refractivity contribution in [2.45, 2.75) is 0 Å². The van der Waals surface area contributed by atoms with Crippen LogP contribution in [0, 0.1) is 0 Å². The van der Waals surface area contributed by atoms with Gasteiger partial charge in [-0.25, -0.2) is 13.2 Å². The lowest BCUT2D eigenvalue weighted by atomic mass is 10.3. The predicted octanol–water partition coefficient (Wildman–Crippen LogP) is 2.73. The van der Waals surface area contributed by atoms with E-state index < -0.39 is 24.1 Å². The molecule has 1 nitrogen and oxygen atoms in total. The Bertz CT molecular complexity index is 206. The molecule has 0 saturated heterocycles. The molecule has 0 bridgehead atoms. The van der Waals surface area contributed by atoms with Crippen molar-refractivity contribution in [2.75, 3.05) is 6.67 Å². The van der Waals surface area contributed by atoms with Crippen LogP contribution >= 0.6 is 0 Å². The van der Waals surface area contributed by atoms with Gasteiger partial charge in [-0.15, -0.1) is 0 Å². The van der Waals surface area contributed by atoms with Gasteiger partial charge in [0.05, 0.1) is 0 Å². The predicted molar refractivity (Wildman–Crippen MR) is 36.1 cm³/mol. The second-order valence-electron chi connectivity index (χ2n) is 1.74. The van der Waals surface area contributed by atoms with E-state index in [4.69, 9.17) is 5.11 Å². The maximum Gasteiger partial charge on any atom is 0.141 e. The third kappa shape index (κ3) is 5.26. The number of aliphatic hydroxyl groups excluding tert-OH is 1. The van der Waals surface area contributed by atoms with E-state index in [0.29, 0.717) is 12.2 Å². The van der Waals surface area contributed by atoms with E-state index >= 15 is 0 Å². The van der Waals surface area contributed by atoms with Crippen LogP contribution in [0.5, 0.6) is 0 Å². The maximum atomic E-state index is 12.0. The quantitative estimate of drug-likeness (QED) is 0.502. The van der Waals surface area contributed by atoms with Crippen molar-refractivity contribution in [3.8, 4) is 0 Å². The summed E-state index contributed by atoms with van der Waals surface area (Å²) in [5.74, 6) is -2.79. The zero-order chi connectivity index (χ0) is 8.85. The van der Waals surface area contributed by atoms with Crippen molar-refractivity contribution in [2.24, 2.45) is 0 Å². The average Bonchev–Trinajstić information content (AvgIpc) is 1.85. The van der Waals surface area contributed by atoms with Crippen LogP contribution in [-0.2, 0) is 0 Å². The van der Waals surface area contributed by atoms with Crippen LogP contribution in [0.2, 0.25) is 0 Å². The first-order chi connectivity index (χ1) is 5.06. The summed E-state index contributed by atoms with van der Waals surface area (Å²) in [5.41, 5.74) is 0. The van der Waals surface area contributed by atoms with Gasteiger partial charge in [0.15, 0.2) is 0 Å². The molecular weight excluding hydrogens is 157 g/mol. The molecule has 1 N–H and O–H groups in total. The third-order valence-electron chi connectivity index (χ3n) is 0.737. The molecule has 0 amide bonds. The van der Waals surface area contributed by atoms with Crippen LogP contribution in [0.1, 0.15) is 0 Å². The fraction of sp³-hybridized carbons (Fsp3) is 0.143. The summed E-state index contributed by atoms with van der Waals surface area (Å²) in [5, 5.41) is 8.60. The molecule has 0 aromatic carbocycles. The Morgan fingerprint density at radius 1 is 1.36 bits per heavy atom. The van der Waals surface area contributed by atoms with Gasteiger partial charge in [0.25, 0.3) is 0 Å². The summed E-state index contributed by atoms with van der Waals surface area (Å²) in [6.45, 7) is 1.46. The average molecular weight is 164 g/mol. The van der Waals surface area contributed by atoms with E-state index in [9.17, 15) is 13.2 Å². The number of hydrogen-bond donors (Lipinski definition) is 1. The molecule has 0 saturated carbocycles. The minimum Gasteiger partial charge on any atom is -0.508 e. The minimum absolute atomic E-state index is 0.477. The van der Waals surface area contributed by atoms with Gasteiger partial charge < -0.3 is 5.11 Å². The number of alkyl halides is 1. The first kappa shape index (κ1) is 9.81. The zero-order valence-corrected chi connectivity index (χ0v) is 5.65. The molecule has 0 unspecified atom stereocenters. The van der Waals surface area contributed by atoms with Gasteiger partial charge in [-0.3, -0.25) is 0 Å². The van der Waals surface area contributed by atoms with Gasteiger partial charge in [-0.1, -0.05) is 6.58 Å². The highest BCUT2D eigenvalue weighted by Crippen LogP contribution is 2.05. The number of hydrogen-bond acceptors (Lipinski definition) is 1. The number of rotatable bonds is 3. The van der Waals surface area contributed by atoms with E-state index in [1.165, 1.54) is 0 Å². The van der Waals surface area contributed by atoms with Crippen molar-refractivity contribution >= 4 is 0 Å². The molecular formula is C7H7F3O. The Kier molecular flexibility index (Phi) is 4.10. The van der Waals surface area contributed by atoms with E-state index in [-0.39, 0.29) is 0 Å². The van der Waals surface area contributed by atoms with Gasteiger partial charge in [0, 0.05) is 12.2 Å². The highest BCUT2D eigenvalue weighted by atomic mass is 19.2. The number of allylic oxidation sites excluding steroid dienone is 4. The highest BCUT2D eigenvalue weighted by molar-refractivity contribution is 5.21. The lowest BCUT2D eigenvalue weighted by Crippen LogP contribution is -1.80. The Morgan fingerprint density at radius 2 is 1.91 bits per heavy atom. The summed E-state index contributed by atoms with van der Waals surface area (Å²) in [7, 11) is 0. The lowest BCUT2D eigenvalue weighted by Gasteiger charge is -1.89. The molecule has 0 aromatic heterocycles. The van der Waals surface area contributed by atoms with Gasteiger partial charge >= 0.3 is 0 Å². The Hall–Kier alpha value is -1.19. The van der Waals surface area contributed by atoms with Gasteiger partial charge in [-0.2, -0.15) is 0 Å². The molecule has 0 heterocycles. The molecule has 4 heteroatoms. The van der Waals surface area contributed by atoms with Crippen molar-refractivity contribution in [3.63, 3.8) is 0 Å². The first-order valence-corrected chi connectivity index (χ1v) is 2.73. The summed E-state index contributed by atoms with van der Waals surface area (Å²) in [6, 6.07) is 0. The highest BCUT2D eigenvalue weighted by Gasteiger charge is 1.95. The van der Waals surface area contributed by atoms with Crippen LogP contribution in [0.15, 0.2) is 36.1 Å². The molecule has 0 radical (unpaired) electrons. The normalized spacial score (nSPS) is 13.4. The first-order valence-electron chi connectivity index (χ1n) is 2.73. The monoisotopic (exact) mass is 164 g/mol. The number of aliphatic hydroxyl groups is 1. The molecule has 62 valence electrons. The second kappa shape index (κ2) is 4.60. The molecule has 0 aromatic rings. The molecule has 0 rings (SSSR count). The molecule has 0 fully saturated rings. The van der Waals surface area contributed by atoms with Crippen molar-refractivity contribution < 1.29 is 18.3 Å². The van der Waals surface area contributed by atoms with E-state index in [2.05, 4.69) is 6.58 Å². The second-order valence-corrected chi connectivity index (χ2v) is 1.74. The van der Waals surface area contributed by atoms with Crippen molar-refractivity contribution in [1.29, 1.82) is 0 Å². The summed E-state index contributed by atoms with van der Waals surface area (Å²) in [6.07, 6.45) is 1.06. The van der Waals surface area contributed by atoms with E-state index in [1.54, 1.807) is 0 Å².